The van der Waals surface area contributed by atoms with Crippen molar-refractivity contribution in [1.29, 1.82) is 0 Å². The zero-order valence-corrected chi connectivity index (χ0v) is 13.3. The molecule has 1 heterocycles. The molecule has 1 aromatic carbocycles. The van der Waals surface area contributed by atoms with Crippen LogP contribution in [0.5, 0.6) is 5.75 Å². The van der Waals surface area contributed by atoms with E-state index in [4.69, 9.17) is 9.15 Å². The second-order valence-corrected chi connectivity index (χ2v) is 5.13. The fourth-order valence-corrected chi connectivity index (χ4v) is 2.01. The molecule has 2 aromatic rings. The average Bonchev–Trinajstić information content (AvgIpc) is 3.01. The van der Waals surface area contributed by atoms with Crippen LogP contribution in [0.3, 0.4) is 0 Å². The number of guanidine groups is 1. The Morgan fingerprint density at radius 2 is 2.14 bits per heavy atom. The molecule has 1 atom stereocenters. The zero-order valence-electron chi connectivity index (χ0n) is 13.3. The molecule has 1 aromatic heterocycles. The van der Waals surface area contributed by atoms with Crippen molar-refractivity contribution in [1.82, 2.24) is 10.6 Å². The fraction of sp³-hybridized carbons (Fsp3) is 0.353. The molecule has 5 nitrogen and oxygen atoms in total. The van der Waals surface area contributed by atoms with E-state index in [9.17, 15) is 0 Å². The van der Waals surface area contributed by atoms with Crippen LogP contribution in [-0.4, -0.2) is 25.7 Å². The van der Waals surface area contributed by atoms with Crippen molar-refractivity contribution < 1.29 is 9.15 Å². The Labute approximate surface area is 131 Å². The predicted molar refractivity (Wildman–Crippen MR) is 88.2 cm³/mol. The van der Waals surface area contributed by atoms with Crippen LogP contribution < -0.4 is 15.4 Å². The van der Waals surface area contributed by atoms with Gasteiger partial charge in [0, 0.05) is 7.05 Å². The van der Waals surface area contributed by atoms with Gasteiger partial charge in [0.05, 0.1) is 19.4 Å². The molecule has 0 aliphatic heterocycles. The quantitative estimate of drug-likeness (QED) is 0.636. The maximum absolute atomic E-state index is 5.88. The van der Waals surface area contributed by atoms with E-state index >= 15 is 0 Å². The van der Waals surface area contributed by atoms with Crippen LogP contribution in [0.1, 0.15) is 18.2 Å². The zero-order chi connectivity index (χ0) is 15.8. The van der Waals surface area contributed by atoms with Gasteiger partial charge in [0.1, 0.15) is 17.6 Å². The van der Waals surface area contributed by atoms with Gasteiger partial charge in [0.15, 0.2) is 5.96 Å². The van der Waals surface area contributed by atoms with E-state index in [-0.39, 0.29) is 6.10 Å². The molecule has 0 fully saturated rings. The number of aryl methyl sites for hydroxylation is 1. The Hall–Kier alpha value is -2.43. The van der Waals surface area contributed by atoms with Crippen molar-refractivity contribution in [3.63, 3.8) is 0 Å². The van der Waals surface area contributed by atoms with Crippen molar-refractivity contribution in [3.8, 4) is 5.75 Å². The normalized spacial score (nSPS) is 12.8. The smallest absolute Gasteiger partial charge is 0.191 e. The Kier molecular flexibility index (Phi) is 5.89. The lowest BCUT2D eigenvalue weighted by atomic mass is 10.2. The highest BCUT2D eigenvalue weighted by Gasteiger charge is 2.06. The van der Waals surface area contributed by atoms with Crippen LogP contribution >= 0.6 is 0 Å². The van der Waals surface area contributed by atoms with Crippen LogP contribution in [0.25, 0.3) is 0 Å². The van der Waals surface area contributed by atoms with Crippen molar-refractivity contribution in [2.45, 2.75) is 26.5 Å². The van der Waals surface area contributed by atoms with Crippen molar-refractivity contribution >= 4 is 5.96 Å². The molecule has 2 rings (SSSR count). The van der Waals surface area contributed by atoms with Gasteiger partial charge in [-0.05, 0) is 43.7 Å². The van der Waals surface area contributed by atoms with Gasteiger partial charge in [0.2, 0.25) is 0 Å². The number of rotatable bonds is 6. The summed E-state index contributed by atoms with van der Waals surface area (Å²) in [4.78, 5) is 4.18. The minimum Gasteiger partial charge on any atom is -0.489 e. The Morgan fingerprint density at radius 3 is 2.82 bits per heavy atom. The first-order valence-corrected chi connectivity index (χ1v) is 7.37. The first-order valence-electron chi connectivity index (χ1n) is 7.37. The number of furan rings is 1. The summed E-state index contributed by atoms with van der Waals surface area (Å²) in [6, 6.07) is 11.8. The molecule has 0 bridgehead atoms. The van der Waals surface area contributed by atoms with Crippen LogP contribution in [-0.2, 0) is 6.54 Å². The molecule has 0 aliphatic carbocycles. The van der Waals surface area contributed by atoms with E-state index in [0.717, 1.165) is 17.5 Å². The molecule has 0 saturated heterocycles. The average molecular weight is 301 g/mol. The van der Waals surface area contributed by atoms with Crippen molar-refractivity contribution in [2.24, 2.45) is 4.99 Å². The number of aliphatic imine (C=N–C) groups is 1. The highest BCUT2D eigenvalue weighted by atomic mass is 16.5. The predicted octanol–water partition coefficient (Wildman–Crippen LogP) is 2.72. The summed E-state index contributed by atoms with van der Waals surface area (Å²) in [5.41, 5.74) is 1.19. The molecular weight excluding hydrogens is 278 g/mol. The highest BCUT2D eigenvalue weighted by Crippen LogP contribution is 2.13. The molecular formula is C17H23N3O2. The third-order valence-corrected chi connectivity index (χ3v) is 3.12. The fourth-order valence-electron chi connectivity index (χ4n) is 2.01. The number of benzene rings is 1. The number of hydrogen-bond donors (Lipinski definition) is 2. The first-order chi connectivity index (χ1) is 10.7. The van der Waals surface area contributed by atoms with Gasteiger partial charge in [-0.1, -0.05) is 12.1 Å². The lowest BCUT2D eigenvalue weighted by Gasteiger charge is -2.17. The molecule has 0 amide bonds. The van der Waals surface area contributed by atoms with Gasteiger partial charge in [0.25, 0.3) is 0 Å². The summed E-state index contributed by atoms with van der Waals surface area (Å²) in [7, 11) is 1.74. The van der Waals surface area contributed by atoms with E-state index in [0.29, 0.717) is 13.1 Å². The molecule has 0 spiro atoms. The third kappa shape index (κ3) is 5.16. The van der Waals surface area contributed by atoms with Gasteiger partial charge < -0.3 is 19.8 Å². The van der Waals surface area contributed by atoms with Crippen LogP contribution in [0, 0.1) is 6.92 Å². The topological polar surface area (TPSA) is 58.8 Å². The number of nitrogens with one attached hydrogen (secondary N) is 2. The van der Waals surface area contributed by atoms with Crippen LogP contribution in [0.15, 0.2) is 52.1 Å². The summed E-state index contributed by atoms with van der Waals surface area (Å²) in [5, 5.41) is 6.43. The van der Waals surface area contributed by atoms with Crippen LogP contribution in [0.2, 0.25) is 0 Å². The lowest BCUT2D eigenvalue weighted by molar-refractivity contribution is 0.223. The Morgan fingerprint density at radius 1 is 1.27 bits per heavy atom. The van der Waals surface area contributed by atoms with Gasteiger partial charge in [-0.15, -0.1) is 0 Å². The summed E-state index contributed by atoms with van der Waals surface area (Å²) < 4.78 is 11.2. The molecule has 2 N–H and O–H groups in total. The van der Waals surface area contributed by atoms with E-state index < -0.39 is 0 Å². The Bertz CT molecular complexity index is 594. The monoisotopic (exact) mass is 301 g/mol. The minimum atomic E-state index is 0.0314. The largest absolute Gasteiger partial charge is 0.489 e. The van der Waals surface area contributed by atoms with Gasteiger partial charge >= 0.3 is 0 Å². The highest BCUT2D eigenvalue weighted by molar-refractivity contribution is 5.79. The SMILES string of the molecule is CN=C(NCc1ccco1)NCC(C)Oc1cccc(C)c1. The van der Waals surface area contributed by atoms with Gasteiger partial charge in [-0.2, -0.15) is 0 Å². The standard InChI is InChI=1S/C17H23N3O2/c1-13-6-4-7-15(10-13)22-14(2)11-19-17(18-3)20-12-16-8-5-9-21-16/h4-10,14H,11-12H2,1-3H3,(H2,18,19,20). The molecule has 0 saturated carbocycles. The maximum atomic E-state index is 5.88. The first kappa shape index (κ1) is 15.9. The summed E-state index contributed by atoms with van der Waals surface area (Å²) >= 11 is 0. The number of nitrogens with zero attached hydrogens (tertiary/aromatic N) is 1. The second kappa shape index (κ2) is 8.12. The van der Waals surface area contributed by atoms with Gasteiger partial charge in [-0.25, -0.2) is 0 Å². The van der Waals surface area contributed by atoms with Crippen molar-refractivity contribution in [3.05, 3.63) is 54.0 Å². The third-order valence-electron chi connectivity index (χ3n) is 3.12. The molecule has 0 aliphatic rings. The second-order valence-electron chi connectivity index (χ2n) is 5.13. The van der Waals surface area contributed by atoms with E-state index in [2.05, 4.69) is 28.6 Å². The summed E-state index contributed by atoms with van der Waals surface area (Å²) in [6.45, 7) is 5.33. The molecule has 5 heteroatoms. The minimum absolute atomic E-state index is 0.0314. The Balaban J connectivity index is 1.75. The van der Waals surface area contributed by atoms with E-state index in [1.807, 2.05) is 37.3 Å². The molecule has 1 unspecified atom stereocenters. The van der Waals surface area contributed by atoms with E-state index in [1.54, 1.807) is 13.3 Å². The van der Waals surface area contributed by atoms with Gasteiger partial charge in [-0.3, -0.25) is 4.99 Å². The van der Waals surface area contributed by atoms with E-state index in [1.165, 1.54) is 5.56 Å². The summed E-state index contributed by atoms with van der Waals surface area (Å²) in [6.07, 6.45) is 1.69. The molecule has 0 radical (unpaired) electrons. The lowest BCUT2D eigenvalue weighted by Crippen LogP contribution is -2.41. The number of hydrogen-bond acceptors (Lipinski definition) is 3. The van der Waals surface area contributed by atoms with Crippen molar-refractivity contribution in [2.75, 3.05) is 13.6 Å². The van der Waals surface area contributed by atoms with Crippen LogP contribution in [0.4, 0.5) is 0 Å². The number of ether oxygens (including phenoxy) is 1. The summed E-state index contributed by atoms with van der Waals surface area (Å²) in [5.74, 6) is 2.47. The molecule has 118 valence electrons. The molecule has 22 heavy (non-hydrogen) atoms. The maximum Gasteiger partial charge on any atom is 0.191 e.